The third-order valence-electron chi connectivity index (χ3n) is 3.26. The van der Waals surface area contributed by atoms with Crippen LogP contribution in [0.25, 0.3) is 0 Å². The highest BCUT2D eigenvalue weighted by Gasteiger charge is 2.18. The molecular weight excluding hydrogens is 231 g/mol. The zero-order chi connectivity index (χ0) is 13.5. The molecule has 0 aromatic heterocycles. The van der Waals surface area contributed by atoms with Gasteiger partial charge in [0.15, 0.2) is 0 Å². The molecule has 0 radical (unpaired) electrons. The Bertz CT molecular complexity index is 367. The summed E-state index contributed by atoms with van der Waals surface area (Å²) in [6.45, 7) is 5.58. The first kappa shape index (κ1) is 14.8. The predicted molar refractivity (Wildman–Crippen MR) is 74.4 cm³/mol. The molecule has 0 aliphatic carbocycles. The number of methoxy groups -OCH3 is 1. The number of nitrogens with two attached hydrogens (primary N) is 1. The maximum Gasteiger partial charge on any atom is 0.148 e. The topological polar surface area (TPSA) is 38.5 Å². The molecule has 0 fully saturated rings. The van der Waals surface area contributed by atoms with Crippen molar-refractivity contribution in [1.29, 1.82) is 0 Å². The number of benzene rings is 1. The normalized spacial score (nSPS) is 10.9. The molecular formula is C14H23FN2O. The minimum absolute atomic E-state index is 0.223. The maximum atomic E-state index is 13.6. The summed E-state index contributed by atoms with van der Waals surface area (Å²) in [5.74, 6) is -0.360. The summed E-state index contributed by atoms with van der Waals surface area (Å²) in [6, 6.07) is 5.31. The second kappa shape index (κ2) is 7.21. The number of hydrogen-bond donors (Lipinski definition) is 1. The third-order valence-corrected chi connectivity index (χ3v) is 3.26. The minimum Gasteiger partial charge on any atom is -0.395 e. The summed E-state index contributed by atoms with van der Waals surface area (Å²) < 4.78 is 18.7. The first-order valence-corrected chi connectivity index (χ1v) is 6.45. The third kappa shape index (κ3) is 3.35. The molecule has 0 saturated heterocycles. The van der Waals surface area contributed by atoms with E-state index in [2.05, 4.69) is 18.7 Å². The summed E-state index contributed by atoms with van der Waals surface area (Å²) in [6.07, 6.45) is 1.99. The van der Waals surface area contributed by atoms with Crippen molar-refractivity contribution in [3.63, 3.8) is 0 Å². The molecule has 1 rings (SSSR count). The lowest BCUT2D eigenvalue weighted by Crippen LogP contribution is -2.37. The van der Waals surface area contributed by atoms with Gasteiger partial charge in [0.25, 0.3) is 0 Å². The Balaban J connectivity index is 3.04. The molecule has 102 valence electrons. The monoisotopic (exact) mass is 254 g/mol. The highest BCUT2D eigenvalue weighted by Crippen LogP contribution is 2.28. The number of rotatable bonds is 7. The number of ether oxygens (including phenoxy) is 1. The van der Waals surface area contributed by atoms with Crippen molar-refractivity contribution in [2.24, 2.45) is 0 Å². The summed E-state index contributed by atoms with van der Waals surface area (Å²) in [7, 11) is 1.67. The Labute approximate surface area is 109 Å². The van der Waals surface area contributed by atoms with Gasteiger partial charge in [-0.1, -0.05) is 19.9 Å². The van der Waals surface area contributed by atoms with E-state index >= 15 is 0 Å². The van der Waals surface area contributed by atoms with Gasteiger partial charge in [-0.05, 0) is 25.0 Å². The van der Waals surface area contributed by atoms with Crippen LogP contribution in [0.3, 0.4) is 0 Å². The number of nitrogen functional groups attached to an aromatic ring is 1. The molecule has 4 heteroatoms. The first-order chi connectivity index (χ1) is 8.65. The van der Waals surface area contributed by atoms with Crippen molar-refractivity contribution in [3.8, 4) is 0 Å². The van der Waals surface area contributed by atoms with Crippen LogP contribution in [0.1, 0.15) is 26.7 Å². The smallest absolute Gasteiger partial charge is 0.148 e. The highest BCUT2D eigenvalue weighted by molar-refractivity contribution is 5.68. The van der Waals surface area contributed by atoms with Crippen LogP contribution in [0, 0.1) is 5.82 Å². The standard InChI is InChI=1S/C14H23FN2O/c1-4-11(5-2)17(9-10-18-3)13-8-6-7-12(15)14(13)16/h6-8,11H,4-5,9-10,16H2,1-3H3. The zero-order valence-corrected chi connectivity index (χ0v) is 11.4. The number of nitrogens with zero attached hydrogens (tertiary/aromatic N) is 1. The Hall–Kier alpha value is -1.29. The van der Waals surface area contributed by atoms with Gasteiger partial charge in [-0.3, -0.25) is 0 Å². The summed E-state index contributed by atoms with van der Waals surface area (Å²) >= 11 is 0. The summed E-state index contributed by atoms with van der Waals surface area (Å²) in [4.78, 5) is 2.14. The lowest BCUT2D eigenvalue weighted by Gasteiger charge is -2.33. The molecule has 0 aliphatic rings. The Kier molecular flexibility index (Phi) is 5.92. The van der Waals surface area contributed by atoms with Crippen molar-refractivity contribution in [1.82, 2.24) is 0 Å². The van der Waals surface area contributed by atoms with Gasteiger partial charge in [0, 0.05) is 19.7 Å². The van der Waals surface area contributed by atoms with E-state index in [1.807, 2.05) is 6.07 Å². The number of para-hydroxylation sites is 1. The van der Waals surface area contributed by atoms with Crippen LogP contribution in [0.5, 0.6) is 0 Å². The highest BCUT2D eigenvalue weighted by atomic mass is 19.1. The second-order valence-electron chi connectivity index (χ2n) is 4.33. The van der Waals surface area contributed by atoms with Crippen molar-refractivity contribution >= 4 is 11.4 Å². The van der Waals surface area contributed by atoms with Gasteiger partial charge in [0.2, 0.25) is 0 Å². The van der Waals surface area contributed by atoms with Crippen LogP contribution in [-0.2, 0) is 4.74 Å². The van der Waals surface area contributed by atoms with Crippen molar-refractivity contribution in [3.05, 3.63) is 24.0 Å². The molecule has 0 atom stereocenters. The average molecular weight is 254 g/mol. The fourth-order valence-corrected chi connectivity index (χ4v) is 2.19. The van der Waals surface area contributed by atoms with Crippen LogP contribution in [0.2, 0.25) is 0 Å². The van der Waals surface area contributed by atoms with Crippen LogP contribution in [0.15, 0.2) is 18.2 Å². The Morgan fingerprint density at radius 1 is 1.33 bits per heavy atom. The SMILES string of the molecule is CCC(CC)N(CCOC)c1cccc(F)c1N. The lowest BCUT2D eigenvalue weighted by molar-refractivity contribution is 0.202. The molecule has 0 bridgehead atoms. The van der Waals surface area contributed by atoms with E-state index in [0.717, 1.165) is 25.1 Å². The van der Waals surface area contributed by atoms with Gasteiger partial charge in [-0.15, -0.1) is 0 Å². The average Bonchev–Trinajstić information content (AvgIpc) is 2.38. The quantitative estimate of drug-likeness (QED) is 0.760. The second-order valence-corrected chi connectivity index (χ2v) is 4.33. The van der Waals surface area contributed by atoms with E-state index in [1.54, 1.807) is 13.2 Å². The van der Waals surface area contributed by atoms with Gasteiger partial charge in [0.05, 0.1) is 18.0 Å². The van der Waals surface area contributed by atoms with Gasteiger partial charge in [0.1, 0.15) is 5.82 Å². The number of hydrogen-bond acceptors (Lipinski definition) is 3. The predicted octanol–water partition coefficient (Wildman–Crippen LogP) is 3.05. The van der Waals surface area contributed by atoms with E-state index in [0.29, 0.717) is 12.6 Å². The fourth-order valence-electron chi connectivity index (χ4n) is 2.19. The largest absolute Gasteiger partial charge is 0.395 e. The zero-order valence-electron chi connectivity index (χ0n) is 11.4. The fraction of sp³-hybridized carbons (Fsp3) is 0.571. The minimum atomic E-state index is -0.360. The Morgan fingerprint density at radius 3 is 2.56 bits per heavy atom. The van der Waals surface area contributed by atoms with Gasteiger partial charge in [-0.2, -0.15) is 0 Å². The van der Waals surface area contributed by atoms with E-state index in [4.69, 9.17) is 10.5 Å². The molecule has 0 saturated carbocycles. The molecule has 0 unspecified atom stereocenters. The van der Waals surface area contributed by atoms with Crippen LogP contribution < -0.4 is 10.6 Å². The van der Waals surface area contributed by atoms with E-state index in [-0.39, 0.29) is 11.5 Å². The van der Waals surface area contributed by atoms with E-state index in [1.165, 1.54) is 6.07 Å². The van der Waals surface area contributed by atoms with Gasteiger partial charge >= 0.3 is 0 Å². The van der Waals surface area contributed by atoms with E-state index in [9.17, 15) is 4.39 Å². The van der Waals surface area contributed by atoms with Crippen LogP contribution >= 0.6 is 0 Å². The number of halogens is 1. The van der Waals surface area contributed by atoms with Crippen molar-refractivity contribution in [2.75, 3.05) is 30.9 Å². The Morgan fingerprint density at radius 2 is 2.00 bits per heavy atom. The lowest BCUT2D eigenvalue weighted by atomic mass is 10.1. The van der Waals surface area contributed by atoms with E-state index < -0.39 is 0 Å². The molecule has 3 nitrogen and oxygen atoms in total. The molecule has 0 aliphatic heterocycles. The molecule has 0 heterocycles. The molecule has 1 aromatic carbocycles. The molecule has 2 N–H and O–H groups in total. The first-order valence-electron chi connectivity index (χ1n) is 6.45. The molecule has 18 heavy (non-hydrogen) atoms. The van der Waals surface area contributed by atoms with Gasteiger partial charge in [-0.25, -0.2) is 4.39 Å². The molecule has 0 amide bonds. The van der Waals surface area contributed by atoms with Crippen LogP contribution in [-0.4, -0.2) is 26.3 Å². The maximum absolute atomic E-state index is 13.6. The van der Waals surface area contributed by atoms with Crippen molar-refractivity contribution < 1.29 is 9.13 Å². The van der Waals surface area contributed by atoms with Crippen LogP contribution in [0.4, 0.5) is 15.8 Å². The number of anilines is 2. The summed E-state index contributed by atoms with van der Waals surface area (Å²) in [5, 5.41) is 0. The molecule has 0 spiro atoms. The van der Waals surface area contributed by atoms with Crippen molar-refractivity contribution in [2.45, 2.75) is 32.7 Å². The molecule has 1 aromatic rings. The summed E-state index contributed by atoms with van der Waals surface area (Å²) in [5.41, 5.74) is 6.83. The van der Waals surface area contributed by atoms with Gasteiger partial charge < -0.3 is 15.4 Å².